The molecular formula is C21H18N2O4. The Morgan fingerprint density at radius 1 is 0.926 bits per heavy atom. The van der Waals surface area contributed by atoms with Gasteiger partial charge in [0.15, 0.2) is 0 Å². The summed E-state index contributed by atoms with van der Waals surface area (Å²) < 4.78 is 11.1. The third kappa shape index (κ3) is 3.29. The van der Waals surface area contributed by atoms with Crippen LogP contribution in [0.1, 0.15) is 21.9 Å². The lowest BCUT2D eigenvalue weighted by molar-refractivity contribution is -0.115. The van der Waals surface area contributed by atoms with Gasteiger partial charge in [-0.1, -0.05) is 18.2 Å². The second-order valence-electron chi connectivity index (χ2n) is 6.37. The van der Waals surface area contributed by atoms with E-state index in [0.29, 0.717) is 28.4 Å². The number of benzene rings is 2. The number of nitrogens with one attached hydrogen (secondary N) is 2. The molecule has 136 valence electrons. The maximum atomic E-state index is 12.2. The summed E-state index contributed by atoms with van der Waals surface area (Å²) >= 11 is 0. The number of amides is 2. The van der Waals surface area contributed by atoms with Gasteiger partial charge in [-0.05, 0) is 38.1 Å². The predicted molar refractivity (Wildman–Crippen MR) is 103 cm³/mol. The van der Waals surface area contributed by atoms with E-state index in [-0.39, 0.29) is 18.4 Å². The van der Waals surface area contributed by atoms with E-state index in [1.807, 2.05) is 36.4 Å². The Bertz CT molecular complexity index is 1170. The SMILES string of the molecule is Cc1cc(C(=O)NCC(=O)Nc2ccc3c(c2)oc2ccccc23)c(C)o1. The van der Waals surface area contributed by atoms with Crippen LogP contribution in [0.4, 0.5) is 5.69 Å². The zero-order chi connectivity index (χ0) is 19.0. The standard InChI is InChI=1S/C21H18N2O4/c1-12-9-17(13(2)26-12)21(25)22-11-20(24)23-14-7-8-16-15-5-3-4-6-18(15)27-19(16)10-14/h3-10H,11H2,1-2H3,(H,22,25)(H,23,24). The second-order valence-corrected chi connectivity index (χ2v) is 6.37. The van der Waals surface area contributed by atoms with Crippen molar-refractivity contribution in [1.29, 1.82) is 0 Å². The lowest BCUT2D eigenvalue weighted by Gasteiger charge is -2.06. The highest BCUT2D eigenvalue weighted by Crippen LogP contribution is 2.30. The molecule has 0 radical (unpaired) electrons. The van der Waals surface area contributed by atoms with E-state index in [2.05, 4.69) is 10.6 Å². The third-order valence-electron chi connectivity index (χ3n) is 4.36. The first kappa shape index (κ1) is 16.9. The molecule has 0 atom stereocenters. The Hall–Kier alpha value is -3.54. The number of furan rings is 2. The van der Waals surface area contributed by atoms with Crippen LogP contribution < -0.4 is 10.6 Å². The summed E-state index contributed by atoms with van der Waals surface area (Å²) in [5, 5.41) is 7.38. The number of hydrogen-bond donors (Lipinski definition) is 2. The number of para-hydroxylation sites is 1. The first-order valence-corrected chi connectivity index (χ1v) is 8.57. The zero-order valence-electron chi connectivity index (χ0n) is 15.0. The van der Waals surface area contributed by atoms with Crippen LogP contribution in [-0.2, 0) is 4.79 Å². The quantitative estimate of drug-likeness (QED) is 0.571. The Labute approximate surface area is 155 Å². The van der Waals surface area contributed by atoms with Gasteiger partial charge in [0.05, 0.1) is 12.1 Å². The van der Waals surface area contributed by atoms with Crippen molar-refractivity contribution >= 4 is 39.4 Å². The van der Waals surface area contributed by atoms with E-state index < -0.39 is 0 Å². The summed E-state index contributed by atoms with van der Waals surface area (Å²) in [6.07, 6.45) is 0. The first-order chi connectivity index (χ1) is 13.0. The van der Waals surface area contributed by atoms with Gasteiger partial charge in [0.25, 0.3) is 5.91 Å². The van der Waals surface area contributed by atoms with Gasteiger partial charge in [-0.15, -0.1) is 0 Å². The van der Waals surface area contributed by atoms with Crippen LogP contribution in [0.3, 0.4) is 0 Å². The topological polar surface area (TPSA) is 84.5 Å². The van der Waals surface area contributed by atoms with Crippen LogP contribution in [0.15, 0.2) is 57.4 Å². The van der Waals surface area contributed by atoms with E-state index in [1.54, 1.807) is 26.0 Å². The smallest absolute Gasteiger partial charge is 0.255 e. The normalized spacial score (nSPS) is 11.0. The van der Waals surface area contributed by atoms with Gasteiger partial charge in [0.2, 0.25) is 5.91 Å². The zero-order valence-corrected chi connectivity index (χ0v) is 15.0. The molecule has 4 rings (SSSR count). The fourth-order valence-electron chi connectivity index (χ4n) is 3.12. The Morgan fingerprint density at radius 3 is 2.48 bits per heavy atom. The number of rotatable bonds is 4. The van der Waals surface area contributed by atoms with E-state index in [1.165, 1.54) is 0 Å². The van der Waals surface area contributed by atoms with Crippen LogP contribution in [0, 0.1) is 13.8 Å². The van der Waals surface area contributed by atoms with Gasteiger partial charge in [-0.25, -0.2) is 0 Å². The lowest BCUT2D eigenvalue weighted by atomic mass is 10.1. The number of hydrogen-bond acceptors (Lipinski definition) is 4. The molecule has 2 amide bonds. The molecule has 0 saturated heterocycles. The average molecular weight is 362 g/mol. The van der Waals surface area contributed by atoms with Gasteiger partial charge < -0.3 is 19.5 Å². The molecule has 0 bridgehead atoms. The fourth-order valence-corrected chi connectivity index (χ4v) is 3.12. The van der Waals surface area contributed by atoms with Gasteiger partial charge in [-0.3, -0.25) is 9.59 Å². The minimum absolute atomic E-state index is 0.138. The molecule has 0 saturated carbocycles. The van der Waals surface area contributed by atoms with Crippen molar-refractivity contribution in [3.05, 3.63) is 65.6 Å². The molecule has 2 heterocycles. The summed E-state index contributed by atoms with van der Waals surface area (Å²) in [4.78, 5) is 24.3. The third-order valence-corrected chi connectivity index (χ3v) is 4.36. The molecule has 6 nitrogen and oxygen atoms in total. The van der Waals surface area contributed by atoms with Crippen molar-refractivity contribution < 1.29 is 18.4 Å². The van der Waals surface area contributed by atoms with Crippen LogP contribution in [0.25, 0.3) is 21.9 Å². The summed E-state index contributed by atoms with van der Waals surface area (Å²) in [5.74, 6) is 0.519. The fraction of sp³-hybridized carbons (Fsp3) is 0.143. The maximum Gasteiger partial charge on any atom is 0.255 e. The second kappa shape index (κ2) is 6.64. The number of fused-ring (bicyclic) bond motifs is 3. The minimum atomic E-state index is -0.341. The van der Waals surface area contributed by atoms with Crippen LogP contribution in [-0.4, -0.2) is 18.4 Å². The number of carbonyl (C=O) groups excluding carboxylic acids is 2. The van der Waals surface area contributed by atoms with Crippen LogP contribution in [0.5, 0.6) is 0 Å². The summed E-state index contributed by atoms with van der Waals surface area (Å²) in [6.45, 7) is 3.34. The molecule has 2 N–H and O–H groups in total. The molecule has 0 aliphatic heterocycles. The molecule has 2 aromatic carbocycles. The Balaban J connectivity index is 1.44. The first-order valence-electron chi connectivity index (χ1n) is 8.57. The summed E-state index contributed by atoms with van der Waals surface area (Å²) in [7, 11) is 0. The minimum Gasteiger partial charge on any atom is -0.466 e. The van der Waals surface area contributed by atoms with E-state index in [4.69, 9.17) is 8.83 Å². The lowest BCUT2D eigenvalue weighted by Crippen LogP contribution is -2.32. The Morgan fingerprint density at radius 2 is 1.70 bits per heavy atom. The number of aryl methyl sites for hydroxylation is 2. The van der Waals surface area contributed by atoms with Gasteiger partial charge in [0, 0.05) is 22.5 Å². The molecule has 27 heavy (non-hydrogen) atoms. The molecule has 0 aliphatic carbocycles. The van der Waals surface area contributed by atoms with Crippen molar-refractivity contribution in [2.24, 2.45) is 0 Å². The van der Waals surface area contributed by atoms with Crippen molar-refractivity contribution in [1.82, 2.24) is 5.32 Å². The number of carbonyl (C=O) groups is 2. The average Bonchev–Trinajstić information content (AvgIpc) is 3.18. The predicted octanol–water partition coefficient (Wildman–Crippen LogP) is 4.16. The van der Waals surface area contributed by atoms with E-state index in [0.717, 1.165) is 16.4 Å². The van der Waals surface area contributed by atoms with Gasteiger partial charge >= 0.3 is 0 Å². The van der Waals surface area contributed by atoms with Crippen molar-refractivity contribution in [2.45, 2.75) is 13.8 Å². The van der Waals surface area contributed by atoms with E-state index >= 15 is 0 Å². The molecule has 0 unspecified atom stereocenters. The van der Waals surface area contributed by atoms with Crippen molar-refractivity contribution in [3.8, 4) is 0 Å². The number of anilines is 1. The van der Waals surface area contributed by atoms with Crippen LogP contribution >= 0.6 is 0 Å². The molecule has 0 aliphatic rings. The summed E-state index contributed by atoms with van der Waals surface area (Å²) in [5.41, 5.74) is 2.54. The largest absolute Gasteiger partial charge is 0.466 e. The monoisotopic (exact) mass is 362 g/mol. The molecular weight excluding hydrogens is 344 g/mol. The molecule has 2 aromatic heterocycles. The highest BCUT2D eigenvalue weighted by atomic mass is 16.3. The molecule has 0 fully saturated rings. The molecule has 0 spiro atoms. The molecule has 4 aromatic rings. The van der Waals surface area contributed by atoms with Gasteiger partial charge in [-0.2, -0.15) is 0 Å². The molecule has 6 heteroatoms. The van der Waals surface area contributed by atoms with Crippen molar-refractivity contribution in [2.75, 3.05) is 11.9 Å². The highest BCUT2D eigenvalue weighted by molar-refractivity contribution is 6.06. The highest BCUT2D eigenvalue weighted by Gasteiger charge is 2.14. The van der Waals surface area contributed by atoms with Crippen LogP contribution in [0.2, 0.25) is 0 Å². The van der Waals surface area contributed by atoms with E-state index in [9.17, 15) is 9.59 Å². The Kier molecular flexibility index (Phi) is 4.16. The van der Waals surface area contributed by atoms with Gasteiger partial charge in [0.1, 0.15) is 22.7 Å². The van der Waals surface area contributed by atoms with Crippen molar-refractivity contribution in [3.63, 3.8) is 0 Å². The maximum absolute atomic E-state index is 12.2. The summed E-state index contributed by atoms with van der Waals surface area (Å²) in [6, 6.07) is 14.9.